The van der Waals surface area contributed by atoms with Crippen molar-refractivity contribution in [2.45, 2.75) is 19.3 Å². The molecule has 0 N–H and O–H groups in total. The zero-order chi connectivity index (χ0) is 10.7. The monoisotopic (exact) mass is 215 g/mol. The fourth-order valence-electron chi connectivity index (χ4n) is 1.68. The van der Waals surface area contributed by atoms with E-state index < -0.39 is 0 Å². The molecule has 77 valence electrons. The molecule has 15 heavy (non-hydrogen) atoms. The lowest BCUT2D eigenvalue weighted by Crippen LogP contribution is -2.17. The molecule has 0 aliphatic carbocycles. The van der Waals surface area contributed by atoms with E-state index in [1.807, 2.05) is 0 Å². The van der Waals surface area contributed by atoms with Crippen LogP contribution in [-0.4, -0.2) is 0 Å². The summed E-state index contributed by atoms with van der Waals surface area (Å²) in [5.41, 5.74) is 1.46. The van der Waals surface area contributed by atoms with Crippen LogP contribution in [0, 0.1) is 6.42 Å². The highest BCUT2D eigenvalue weighted by atomic mass is 32.1. The first kappa shape index (κ1) is 10.4. The Balaban J connectivity index is 2.20. The van der Waals surface area contributed by atoms with E-state index in [4.69, 9.17) is 0 Å². The van der Waals surface area contributed by atoms with Crippen LogP contribution in [-0.2, 0) is 5.41 Å². The van der Waals surface area contributed by atoms with Crippen LogP contribution in [0.1, 0.15) is 24.3 Å². The lowest BCUT2D eigenvalue weighted by Gasteiger charge is -2.24. The summed E-state index contributed by atoms with van der Waals surface area (Å²) in [5, 5.41) is 2.12. The van der Waals surface area contributed by atoms with Gasteiger partial charge in [-0.1, -0.05) is 50.2 Å². The predicted molar refractivity (Wildman–Crippen MR) is 67.2 cm³/mol. The molecule has 0 fully saturated rings. The van der Waals surface area contributed by atoms with E-state index in [0.29, 0.717) is 0 Å². The van der Waals surface area contributed by atoms with Crippen molar-refractivity contribution in [2.75, 3.05) is 0 Å². The highest BCUT2D eigenvalue weighted by Crippen LogP contribution is 2.30. The summed E-state index contributed by atoms with van der Waals surface area (Å²) in [7, 11) is 0. The normalized spacial score (nSPS) is 11.6. The quantitative estimate of drug-likeness (QED) is 0.717. The van der Waals surface area contributed by atoms with Gasteiger partial charge in [-0.05, 0) is 22.4 Å². The summed E-state index contributed by atoms with van der Waals surface area (Å²) >= 11 is 1.79. The Hall–Kier alpha value is -1.08. The number of hydrogen-bond acceptors (Lipinski definition) is 1. The summed E-state index contributed by atoms with van der Waals surface area (Å²) in [4.78, 5) is 1.34. The van der Waals surface area contributed by atoms with Crippen LogP contribution in [0.25, 0.3) is 0 Å². The largest absolute Gasteiger partial charge is 0.149 e. The minimum Gasteiger partial charge on any atom is -0.149 e. The van der Waals surface area contributed by atoms with E-state index in [0.717, 1.165) is 0 Å². The third-order valence-corrected chi connectivity index (χ3v) is 3.38. The van der Waals surface area contributed by atoms with Gasteiger partial charge in [-0.3, -0.25) is 0 Å². The third kappa shape index (κ3) is 2.48. The molecule has 0 spiro atoms. The van der Waals surface area contributed by atoms with Crippen LogP contribution in [0.3, 0.4) is 0 Å². The van der Waals surface area contributed by atoms with Crippen molar-refractivity contribution in [3.05, 3.63) is 64.7 Å². The predicted octanol–water partition coefficient (Wildman–Crippen LogP) is 4.28. The van der Waals surface area contributed by atoms with Crippen molar-refractivity contribution in [1.82, 2.24) is 0 Å². The minimum absolute atomic E-state index is 0.103. The topological polar surface area (TPSA) is 0 Å². The number of benzene rings is 1. The van der Waals surface area contributed by atoms with Gasteiger partial charge in [0.05, 0.1) is 0 Å². The van der Waals surface area contributed by atoms with Crippen molar-refractivity contribution in [2.24, 2.45) is 0 Å². The minimum atomic E-state index is 0.103. The van der Waals surface area contributed by atoms with Gasteiger partial charge >= 0.3 is 0 Å². The van der Waals surface area contributed by atoms with Gasteiger partial charge in [0, 0.05) is 11.3 Å². The lowest BCUT2D eigenvalue weighted by atomic mass is 9.81. The van der Waals surface area contributed by atoms with Gasteiger partial charge in [-0.2, -0.15) is 0 Å². The van der Waals surface area contributed by atoms with Gasteiger partial charge < -0.3 is 0 Å². The molecule has 0 saturated heterocycles. The van der Waals surface area contributed by atoms with Crippen LogP contribution < -0.4 is 0 Å². The summed E-state index contributed by atoms with van der Waals surface area (Å²) in [6, 6.07) is 14.9. The van der Waals surface area contributed by atoms with Crippen molar-refractivity contribution in [3.63, 3.8) is 0 Å². The number of hydrogen-bond donors (Lipinski definition) is 0. The fourth-order valence-corrected chi connectivity index (χ4v) is 2.51. The SMILES string of the molecule is CC(C)([CH]c1cccs1)c1ccccc1. The molecule has 0 nitrogen and oxygen atoms in total. The van der Waals surface area contributed by atoms with Crippen molar-refractivity contribution < 1.29 is 0 Å². The van der Waals surface area contributed by atoms with E-state index in [2.05, 4.69) is 68.1 Å². The molecule has 0 aliphatic heterocycles. The molecule has 1 radical (unpaired) electrons. The summed E-state index contributed by atoms with van der Waals surface area (Å²) < 4.78 is 0. The Morgan fingerprint density at radius 1 is 1.00 bits per heavy atom. The zero-order valence-corrected chi connectivity index (χ0v) is 9.92. The Kier molecular flexibility index (Phi) is 2.92. The second-order valence-electron chi connectivity index (χ2n) is 4.25. The maximum absolute atomic E-state index is 2.33. The first-order valence-electron chi connectivity index (χ1n) is 5.13. The molecule has 0 unspecified atom stereocenters. The molecule has 2 rings (SSSR count). The Labute approximate surface area is 95.6 Å². The molecular formula is C14H15S. The van der Waals surface area contributed by atoms with Gasteiger partial charge in [0.25, 0.3) is 0 Å². The number of thiophene rings is 1. The van der Waals surface area contributed by atoms with Crippen LogP contribution in [0.4, 0.5) is 0 Å². The molecule has 0 aliphatic rings. The summed E-state index contributed by atoms with van der Waals surface area (Å²) in [5.74, 6) is 0. The first-order chi connectivity index (χ1) is 7.18. The summed E-state index contributed by atoms with van der Waals surface area (Å²) in [6.45, 7) is 4.50. The van der Waals surface area contributed by atoms with E-state index in [9.17, 15) is 0 Å². The number of rotatable bonds is 3. The van der Waals surface area contributed by atoms with Crippen molar-refractivity contribution >= 4 is 11.3 Å². The Morgan fingerprint density at radius 2 is 1.73 bits per heavy atom. The third-order valence-electron chi connectivity index (χ3n) is 2.56. The van der Waals surface area contributed by atoms with Gasteiger partial charge in [-0.15, -0.1) is 11.3 Å². The fraction of sp³-hybridized carbons (Fsp3) is 0.214. The maximum atomic E-state index is 2.33. The highest BCUT2D eigenvalue weighted by Gasteiger charge is 2.21. The molecule has 0 bridgehead atoms. The first-order valence-corrected chi connectivity index (χ1v) is 6.01. The second kappa shape index (κ2) is 4.19. The van der Waals surface area contributed by atoms with Gasteiger partial charge in [0.1, 0.15) is 0 Å². The van der Waals surface area contributed by atoms with Crippen molar-refractivity contribution in [3.8, 4) is 0 Å². The summed E-state index contributed by atoms with van der Waals surface area (Å²) in [6.07, 6.45) is 2.33. The molecule has 1 aromatic heterocycles. The Morgan fingerprint density at radius 3 is 2.33 bits per heavy atom. The zero-order valence-electron chi connectivity index (χ0n) is 9.10. The second-order valence-corrected chi connectivity index (χ2v) is 5.23. The van der Waals surface area contributed by atoms with Gasteiger partial charge in [0.15, 0.2) is 0 Å². The molecule has 0 saturated carbocycles. The molecule has 1 heterocycles. The van der Waals surface area contributed by atoms with E-state index in [1.54, 1.807) is 11.3 Å². The smallest absolute Gasteiger partial charge is 0.0109 e. The maximum Gasteiger partial charge on any atom is 0.0109 e. The molecule has 1 heteroatoms. The Bertz CT molecular complexity index is 398. The van der Waals surface area contributed by atoms with Crippen LogP contribution in [0.5, 0.6) is 0 Å². The average Bonchev–Trinajstić information content (AvgIpc) is 2.71. The lowest BCUT2D eigenvalue weighted by molar-refractivity contribution is 0.630. The van der Waals surface area contributed by atoms with Crippen molar-refractivity contribution in [1.29, 1.82) is 0 Å². The van der Waals surface area contributed by atoms with Crippen LogP contribution in [0.2, 0.25) is 0 Å². The standard InChI is InChI=1S/C14H15S/c1-14(2,11-13-9-6-10-15-13)12-7-4-3-5-8-12/h3-11H,1-2H3. The van der Waals surface area contributed by atoms with Crippen LogP contribution >= 0.6 is 11.3 Å². The van der Waals surface area contributed by atoms with E-state index in [1.165, 1.54) is 10.4 Å². The average molecular weight is 215 g/mol. The van der Waals surface area contributed by atoms with Crippen LogP contribution in [0.15, 0.2) is 47.8 Å². The molecule has 0 amide bonds. The molecule has 0 atom stereocenters. The van der Waals surface area contributed by atoms with E-state index in [-0.39, 0.29) is 5.41 Å². The highest BCUT2D eigenvalue weighted by molar-refractivity contribution is 7.10. The molecular weight excluding hydrogens is 200 g/mol. The molecule has 1 aromatic carbocycles. The van der Waals surface area contributed by atoms with Gasteiger partial charge in [0.2, 0.25) is 0 Å². The molecule has 2 aromatic rings. The van der Waals surface area contributed by atoms with Gasteiger partial charge in [-0.25, -0.2) is 0 Å². The van der Waals surface area contributed by atoms with E-state index >= 15 is 0 Å².